The first kappa shape index (κ1) is 19.8. The molecule has 158 valence electrons. The molecule has 4 rings (SSSR count). The van der Waals surface area contributed by atoms with Crippen LogP contribution in [0.25, 0.3) is 0 Å². The third-order valence-electron chi connectivity index (χ3n) is 5.09. The fourth-order valence-corrected chi connectivity index (χ4v) is 3.40. The second kappa shape index (κ2) is 8.89. The van der Waals surface area contributed by atoms with Crippen LogP contribution >= 0.6 is 0 Å². The van der Waals surface area contributed by atoms with Gasteiger partial charge in [-0.3, -0.25) is 4.79 Å². The van der Waals surface area contributed by atoms with Crippen molar-refractivity contribution < 1.29 is 23.5 Å². The van der Waals surface area contributed by atoms with Gasteiger partial charge in [-0.15, -0.1) is 0 Å². The predicted molar refractivity (Wildman–Crippen MR) is 108 cm³/mol. The van der Waals surface area contributed by atoms with Gasteiger partial charge < -0.3 is 29.9 Å². The molecule has 1 fully saturated rings. The fourth-order valence-electron chi connectivity index (χ4n) is 3.40. The molecule has 0 unspecified atom stereocenters. The number of fused-ring (bicyclic) bond motifs is 1. The summed E-state index contributed by atoms with van der Waals surface area (Å²) in [6, 6.07) is 11.5. The molecule has 2 aliphatic heterocycles. The molecular weight excluding hydrogens is 391 g/mol. The average Bonchev–Trinajstić information content (AvgIpc) is 3.24. The van der Waals surface area contributed by atoms with E-state index >= 15 is 0 Å². The molecule has 2 aliphatic rings. The van der Waals surface area contributed by atoms with Crippen molar-refractivity contribution in [2.45, 2.75) is 6.54 Å². The number of anilines is 1. The van der Waals surface area contributed by atoms with Crippen LogP contribution < -0.4 is 25.0 Å². The summed E-state index contributed by atoms with van der Waals surface area (Å²) in [4.78, 5) is 28.2. The second-order valence-corrected chi connectivity index (χ2v) is 7.07. The quantitative estimate of drug-likeness (QED) is 0.778. The van der Waals surface area contributed by atoms with Crippen LogP contribution in [0, 0.1) is 5.82 Å². The summed E-state index contributed by atoms with van der Waals surface area (Å²) in [5, 5.41) is 5.43. The molecule has 30 heavy (non-hydrogen) atoms. The van der Waals surface area contributed by atoms with Crippen LogP contribution in [0.15, 0.2) is 42.5 Å². The van der Waals surface area contributed by atoms with E-state index in [2.05, 4.69) is 15.5 Å². The Balaban J connectivity index is 1.17. The summed E-state index contributed by atoms with van der Waals surface area (Å²) in [5.74, 6) is 0.811. The molecule has 0 bridgehead atoms. The molecule has 0 atom stereocenters. The maximum atomic E-state index is 13.1. The predicted octanol–water partition coefficient (Wildman–Crippen LogP) is 1.70. The minimum absolute atomic E-state index is 0.0957. The van der Waals surface area contributed by atoms with Gasteiger partial charge in [-0.05, 0) is 42.0 Å². The van der Waals surface area contributed by atoms with Gasteiger partial charge in [-0.2, -0.15) is 0 Å². The van der Waals surface area contributed by atoms with Crippen molar-refractivity contribution in [3.63, 3.8) is 0 Å². The number of rotatable bonds is 5. The molecule has 0 aliphatic carbocycles. The van der Waals surface area contributed by atoms with Gasteiger partial charge in [0.1, 0.15) is 5.82 Å². The van der Waals surface area contributed by atoms with E-state index in [0.29, 0.717) is 44.2 Å². The lowest BCUT2D eigenvalue weighted by Gasteiger charge is -2.36. The normalized spacial score (nSPS) is 15.1. The lowest BCUT2D eigenvalue weighted by molar-refractivity contribution is -0.120. The van der Waals surface area contributed by atoms with Crippen molar-refractivity contribution in [2.24, 2.45) is 0 Å². The fraction of sp³-hybridized carbons (Fsp3) is 0.333. The van der Waals surface area contributed by atoms with Crippen LogP contribution in [0.1, 0.15) is 5.56 Å². The van der Waals surface area contributed by atoms with Gasteiger partial charge in [-0.1, -0.05) is 6.07 Å². The number of piperazine rings is 1. The van der Waals surface area contributed by atoms with Gasteiger partial charge >= 0.3 is 6.03 Å². The SMILES string of the molecule is O=C(CNC(=O)N1CCN(c2ccc(F)cc2)CC1)NCc1ccc2c(c1)OCO2. The van der Waals surface area contributed by atoms with Crippen molar-refractivity contribution in [3.8, 4) is 11.5 Å². The molecule has 0 aromatic heterocycles. The number of benzene rings is 2. The third-order valence-corrected chi connectivity index (χ3v) is 5.09. The number of urea groups is 1. The van der Waals surface area contributed by atoms with Crippen molar-refractivity contribution in [3.05, 3.63) is 53.8 Å². The zero-order chi connectivity index (χ0) is 20.9. The molecule has 3 amide bonds. The van der Waals surface area contributed by atoms with E-state index < -0.39 is 0 Å². The number of carbonyl (C=O) groups is 2. The minimum Gasteiger partial charge on any atom is -0.454 e. The van der Waals surface area contributed by atoms with Gasteiger partial charge in [-0.25, -0.2) is 9.18 Å². The molecule has 2 N–H and O–H groups in total. The van der Waals surface area contributed by atoms with E-state index in [1.807, 2.05) is 12.1 Å². The highest BCUT2D eigenvalue weighted by molar-refractivity contribution is 5.84. The van der Waals surface area contributed by atoms with Crippen molar-refractivity contribution in [1.29, 1.82) is 0 Å². The van der Waals surface area contributed by atoms with E-state index in [0.717, 1.165) is 11.3 Å². The topological polar surface area (TPSA) is 83.1 Å². The molecule has 2 aromatic carbocycles. The summed E-state index contributed by atoms with van der Waals surface area (Å²) in [6.45, 7) is 2.80. The van der Waals surface area contributed by atoms with E-state index in [-0.39, 0.29) is 31.1 Å². The number of nitrogens with zero attached hydrogens (tertiary/aromatic N) is 2. The van der Waals surface area contributed by atoms with E-state index in [1.165, 1.54) is 12.1 Å². The van der Waals surface area contributed by atoms with Gasteiger partial charge in [0, 0.05) is 38.4 Å². The molecule has 2 aromatic rings. The van der Waals surface area contributed by atoms with E-state index in [9.17, 15) is 14.0 Å². The summed E-state index contributed by atoms with van der Waals surface area (Å²) in [5.41, 5.74) is 1.81. The number of hydrogen-bond donors (Lipinski definition) is 2. The van der Waals surface area contributed by atoms with Gasteiger partial charge in [0.2, 0.25) is 12.7 Å². The smallest absolute Gasteiger partial charge is 0.317 e. The first-order valence-electron chi connectivity index (χ1n) is 9.77. The highest BCUT2D eigenvalue weighted by Crippen LogP contribution is 2.32. The highest BCUT2D eigenvalue weighted by atomic mass is 19.1. The lowest BCUT2D eigenvalue weighted by Crippen LogP contribution is -2.53. The second-order valence-electron chi connectivity index (χ2n) is 7.07. The molecule has 0 saturated carbocycles. The number of ether oxygens (including phenoxy) is 2. The molecule has 9 heteroatoms. The highest BCUT2D eigenvalue weighted by Gasteiger charge is 2.21. The number of nitrogens with one attached hydrogen (secondary N) is 2. The van der Waals surface area contributed by atoms with Crippen molar-refractivity contribution in [1.82, 2.24) is 15.5 Å². The summed E-state index contributed by atoms with van der Waals surface area (Å²) in [6.07, 6.45) is 0. The van der Waals surface area contributed by atoms with Crippen molar-refractivity contribution in [2.75, 3.05) is 44.4 Å². The maximum absolute atomic E-state index is 13.1. The Labute approximate surface area is 173 Å². The number of amides is 3. The summed E-state index contributed by atoms with van der Waals surface area (Å²) < 4.78 is 23.6. The van der Waals surface area contributed by atoms with Crippen LogP contribution in [-0.4, -0.2) is 56.4 Å². The Morgan fingerprint density at radius 3 is 2.43 bits per heavy atom. The van der Waals surface area contributed by atoms with Crippen LogP contribution in [0.4, 0.5) is 14.9 Å². The molecule has 2 heterocycles. The Morgan fingerprint density at radius 2 is 1.67 bits per heavy atom. The summed E-state index contributed by atoms with van der Waals surface area (Å²) in [7, 11) is 0. The van der Waals surface area contributed by atoms with Crippen LogP contribution in [0.3, 0.4) is 0 Å². The molecule has 1 saturated heterocycles. The Hall–Kier alpha value is -3.49. The largest absolute Gasteiger partial charge is 0.454 e. The lowest BCUT2D eigenvalue weighted by atomic mass is 10.2. The van der Waals surface area contributed by atoms with E-state index in [1.54, 1.807) is 23.1 Å². The molecular formula is C21H23FN4O4. The number of halogens is 1. The zero-order valence-corrected chi connectivity index (χ0v) is 16.4. The average molecular weight is 414 g/mol. The Kier molecular flexibility index (Phi) is 5.87. The Bertz CT molecular complexity index is 914. The molecule has 0 spiro atoms. The minimum atomic E-state index is -0.272. The first-order chi connectivity index (χ1) is 14.6. The molecule has 0 radical (unpaired) electrons. The van der Waals surface area contributed by atoms with E-state index in [4.69, 9.17) is 9.47 Å². The standard InChI is InChI=1S/C21H23FN4O4/c22-16-2-4-17(5-3-16)25-7-9-26(10-8-25)21(28)24-13-20(27)23-12-15-1-6-18-19(11-15)30-14-29-18/h1-6,11H,7-10,12-14H2,(H,23,27)(H,24,28). The zero-order valence-electron chi connectivity index (χ0n) is 16.4. The monoisotopic (exact) mass is 414 g/mol. The molecule has 8 nitrogen and oxygen atoms in total. The van der Waals surface area contributed by atoms with Gasteiger partial charge in [0.05, 0.1) is 6.54 Å². The number of hydrogen-bond acceptors (Lipinski definition) is 5. The van der Waals surface area contributed by atoms with Gasteiger partial charge in [0.25, 0.3) is 0 Å². The van der Waals surface area contributed by atoms with Crippen LogP contribution in [0.5, 0.6) is 11.5 Å². The Morgan fingerprint density at radius 1 is 0.933 bits per heavy atom. The van der Waals surface area contributed by atoms with Crippen LogP contribution in [-0.2, 0) is 11.3 Å². The first-order valence-corrected chi connectivity index (χ1v) is 9.77. The third kappa shape index (κ3) is 4.73. The summed E-state index contributed by atoms with van der Waals surface area (Å²) >= 11 is 0. The van der Waals surface area contributed by atoms with Gasteiger partial charge in [0.15, 0.2) is 11.5 Å². The number of carbonyl (C=O) groups excluding carboxylic acids is 2. The van der Waals surface area contributed by atoms with Crippen LogP contribution in [0.2, 0.25) is 0 Å². The van der Waals surface area contributed by atoms with Crippen molar-refractivity contribution >= 4 is 17.6 Å². The maximum Gasteiger partial charge on any atom is 0.317 e.